The Labute approximate surface area is 132 Å². The number of nitrogens with one attached hydrogen (secondary N) is 2. The van der Waals surface area contributed by atoms with E-state index in [2.05, 4.69) is 10.6 Å². The molecule has 1 heterocycles. The SMILES string of the molecule is O=C(Cc1ccccc1Cl)Nc1cccc2c1NC(=O)CO2. The highest BCUT2D eigenvalue weighted by Gasteiger charge is 2.20. The van der Waals surface area contributed by atoms with Crippen LogP contribution < -0.4 is 15.4 Å². The molecule has 0 fully saturated rings. The third kappa shape index (κ3) is 3.04. The van der Waals surface area contributed by atoms with E-state index in [1.54, 1.807) is 30.3 Å². The van der Waals surface area contributed by atoms with Crippen LogP contribution in [0.1, 0.15) is 5.56 Å². The normalized spacial score (nSPS) is 12.9. The second kappa shape index (κ2) is 6.07. The Kier molecular flexibility index (Phi) is 3.98. The molecule has 0 bridgehead atoms. The van der Waals surface area contributed by atoms with Gasteiger partial charge >= 0.3 is 0 Å². The number of hydrogen-bond donors (Lipinski definition) is 2. The maximum atomic E-state index is 12.2. The fourth-order valence-corrected chi connectivity index (χ4v) is 2.41. The molecule has 6 heteroatoms. The first-order valence-electron chi connectivity index (χ1n) is 6.72. The molecule has 2 aromatic rings. The first-order chi connectivity index (χ1) is 10.6. The molecule has 0 unspecified atom stereocenters. The minimum atomic E-state index is -0.250. The van der Waals surface area contributed by atoms with Gasteiger partial charge in [0.15, 0.2) is 6.61 Å². The summed E-state index contributed by atoms with van der Waals surface area (Å²) in [4.78, 5) is 23.6. The Morgan fingerprint density at radius 2 is 2.05 bits per heavy atom. The third-order valence-corrected chi connectivity index (χ3v) is 3.60. The van der Waals surface area contributed by atoms with Crippen molar-refractivity contribution in [2.24, 2.45) is 0 Å². The maximum absolute atomic E-state index is 12.2. The van der Waals surface area contributed by atoms with Crippen molar-refractivity contribution < 1.29 is 14.3 Å². The van der Waals surface area contributed by atoms with Gasteiger partial charge in [-0.2, -0.15) is 0 Å². The molecular formula is C16H13ClN2O3. The van der Waals surface area contributed by atoms with Gasteiger partial charge in [0.2, 0.25) is 5.91 Å². The van der Waals surface area contributed by atoms with Gasteiger partial charge in [0.05, 0.1) is 12.1 Å². The molecule has 3 rings (SSSR count). The average molecular weight is 317 g/mol. The van der Waals surface area contributed by atoms with E-state index < -0.39 is 0 Å². The van der Waals surface area contributed by atoms with Gasteiger partial charge in [0, 0.05) is 5.02 Å². The van der Waals surface area contributed by atoms with E-state index >= 15 is 0 Å². The maximum Gasteiger partial charge on any atom is 0.262 e. The minimum absolute atomic E-state index is 0.0238. The van der Waals surface area contributed by atoms with Crippen LogP contribution in [0.25, 0.3) is 0 Å². The summed E-state index contributed by atoms with van der Waals surface area (Å²) in [6.45, 7) is -0.0238. The van der Waals surface area contributed by atoms with Crippen molar-refractivity contribution in [2.75, 3.05) is 17.2 Å². The lowest BCUT2D eigenvalue weighted by atomic mass is 10.1. The largest absolute Gasteiger partial charge is 0.481 e. The van der Waals surface area contributed by atoms with Gasteiger partial charge < -0.3 is 15.4 Å². The number of anilines is 2. The van der Waals surface area contributed by atoms with Gasteiger partial charge in [0.1, 0.15) is 11.4 Å². The number of amides is 2. The molecule has 0 aromatic heterocycles. The summed E-state index contributed by atoms with van der Waals surface area (Å²) in [5.41, 5.74) is 1.72. The lowest BCUT2D eigenvalue weighted by Gasteiger charge is -2.20. The highest BCUT2D eigenvalue weighted by Crippen LogP contribution is 2.34. The Balaban J connectivity index is 1.78. The molecule has 112 valence electrons. The summed E-state index contributed by atoms with van der Waals surface area (Å²) in [6, 6.07) is 12.4. The van der Waals surface area contributed by atoms with Crippen molar-refractivity contribution in [3.8, 4) is 5.75 Å². The summed E-state index contributed by atoms with van der Waals surface area (Å²) in [7, 11) is 0. The molecule has 22 heavy (non-hydrogen) atoms. The van der Waals surface area contributed by atoms with Crippen molar-refractivity contribution in [2.45, 2.75) is 6.42 Å². The van der Waals surface area contributed by atoms with Gasteiger partial charge in [-0.05, 0) is 23.8 Å². The van der Waals surface area contributed by atoms with Crippen LogP contribution in [0.15, 0.2) is 42.5 Å². The van der Waals surface area contributed by atoms with Crippen LogP contribution in [-0.4, -0.2) is 18.4 Å². The highest BCUT2D eigenvalue weighted by atomic mass is 35.5. The number of para-hydroxylation sites is 1. The Morgan fingerprint density at radius 1 is 1.23 bits per heavy atom. The number of ether oxygens (including phenoxy) is 1. The van der Waals surface area contributed by atoms with Crippen LogP contribution in [0.4, 0.5) is 11.4 Å². The summed E-state index contributed by atoms with van der Waals surface area (Å²) in [5, 5.41) is 6.02. The van der Waals surface area contributed by atoms with Crippen molar-refractivity contribution in [1.29, 1.82) is 0 Å². The van der Waals surface area contributed by atoms with Crippen LogP contribution in [0, 0.1) is 0 Å². The van der Waals surface area contributed by atoms with Crippen LogP contribution in [0.5, 0.6) is 5.75 Å². The predicted octanol–water partition coefficient (Wildman–Crippen LogP) is 2.85. The quantitative estimate of drug-likeness (QED) is 0.915. The molecule has 2 N–H and O–H groups in total. The number of fused-ring (bicyclic) bond motifs is 1. The fraction of sp³-hybridized carbons (Fsp3) is 0.125. The van der Waals surface area contributed by atoms with E-state index in [-0.39, 0.29) is 24.8 Å². The first-order valence-corrected chi connectivity index (χ1v) is 7.10. The first kappa shape index (κ1) is 14.4. The van der Waals surface area contributed by atoms with E-state index in [0.29, 0.717) is 22.1 Å². The Morgan fingerprint density at radius 3 is 2.86 bits per heavy atom. The van der Waals surface area contributed by atoms with Gasteiger partial charge in [-0.25, -0.2) is 0 Å². The molecule has 0 radical (unpaired) electrons. The standard InChI is InChI=1S/C16H13ClN2O3/c17-11-5-2-1-4-10(11)8-14(20)18-12-6-3-7-13-16(12)19-15(21)9-22-13/h1-7H,8-9H2,(H,18,20)(H,19,21). The Bertz CT molecular complexity index is 746. The van der Waals surface area contributed by atoms with Crippen LogP contribution in [0.2, 0.25) is 5.02 Å². The Hall–Kier alpha value is -2.53. The zero-order valence-corrected chi connectivity index (χ0v) is 12.3. The molecule has 2 aromatic carbocycles. The van der Waals surface area contributed by atoms with Gasteiger partial charge in [-0.1, -0.05) is 35.9 Å². The number of halogens is 1. The monoisotopic (exact) mass is 316 g/mol. The zero-order valence-electron chi connectivity index (χ0n) is 11.6. The molecule has 1 aliphatic heterocycles. The van der Waals surface area contributed by atoms with E-state index in [1.807, 2.05) is 12.1 Å². The summed E-state index contributed by atoms with van der Waals surface area (Å²) in [6.07, 6.45) is 0.151. The lowest BCUT2D eigenvalue weighted by molar-refractivity contribution is -0.118. The average Bonchev–Trinajstić information content (AvgIpc) is 2.50. The number of benzene rings is 2. The molecule has 5 nitrogen and oxygen atoms in total. The fourth-order valence-electron chi connectivity index (χ4n) is 2.21. The number of carbonyl (C=O) groups is 2. The molecule has 1 aliphatic rings. The van der Waals surface area contributed by atoms with Crippen molar-refractivity contribution >= 4 is 34.8 Å². The molecule has 0 saturated carbocycles. The number of hydrogen-bond acceptors (Lipinski definition) is 3. The third-order valence-electron chi connectivity index (χ3n) is 3.23. The summed E-state index contributed by atoms with van der Waals surface area (Å²) in [5.74, 6) is 0.0665. The molecule has 2 amide bonds. The zero-order chi connectivity index (χ0) is 15.5. The van der Waals surface area contributed by atoms with Crippen LogP contribution >= 0.6 is 11.6 Å². The molecule has 0 atom stereocenters. The van der Waals surface area contributed by atoms with Gasteiger partial charge in [0.25, 0.3) is 5.91 Å². The number of carbonyl (C=O) groups excluding carboxylic acids is 2. The lowest BCUT2D eigenvalue weighted by Crippen LogP contribution is -2.27. The summed E-state index contributed by atoms with van der Waals surface area (Å²) < 4.78 is 5.31. The van der Waals surface area contributed by atoms with Crippen molar-refractivity contribution in [3.05, 3.63) is 53.1 Å². The van der Waals surface area contributed by atoms with Crippen LogP contribution in [0.3, 0.4) is 0 Å². The molecule has 0 saturated heterocycles. The van der Waals surface area contributed by atoms with E-state index in [0.717, 1.165) is 5.56 Å². The van der Waals surface area contributed by atoms with Crippen molar-refractivity contribution in [3.63, 3.8) is 0 Å². The van der Waals surface area contributed by atoms with Gasteiger partial charge in [-0.15, -0.1) is 0 Å². The second-order valence-electron chi connectivity index (χ2n) is 4.83. The summed E-state index contributed by atoms with van der Waals surface area (Å²) >= 11 is 6.05. The second-order valence-corrected chi connectivity index (χ2v) is 5.24. The topological polar surface area (TPSA) is 67.4 Å². The smallest absolute Gasteiger partial charge is 0.262 e. The molecular weight excluding hydrogens is 304 g/mol. The van der Waals surface area contributed by atoms with E-state index in [4.69, 9.17) is 16.3 Å². The van der Waals surface area contributed by atoms with Crippen LogP contribution in [-0.2, 0) is 16.0 Å². The number of rotatable bonds is 3. The minimum Gasteiger partial charge on any atom is -0.481 e. The van der Waals surface area contributed by atoms with Gasteiger partial charge in [-0.3, -0.25) is 9.59 Å². The molecule has 0 aliphatic carbocycles. The predicted molar refractivity (Wildman–Crippen MR) is 84.4 cm³/mol. The molecule has 0 spiro atoms. The van der Waals surface area contributed by atoms with E-state index in [9.17, 15) is 9.59 Å². The van der Waals surface area contributed by atoms with Crippen molar-refractivity contribution in [1.82, 2.24) is 0 Å². The highest BCUT2D eigenvalue weighted by molar-refractivity contribution is 6.31. The van der Waals surface area contributed by atoms with E-state index in [1.165, 1.54) is 0 Å².